The summed E-state index contributed by atoms with van der Waals surface area (Å²) in [5.41, 5.74) is 1.98. The molecule has 24 heavy (non-hydrogen) atoms. The topological polar surface area (TPSA) is 56.1 Å². The van der Waals surface area contributed by atoms with E-state index in [9.17, 15) is 4.79 Å². The van der Waals surface area contributed by atoms with Gasteiger partial charge >= 0.3 is 0 Å². The van der Waals surface area contributed by atoms with E-state index >= 15 is 0 Å². The number of allylic oxidation sites excluding steroid dienone is 1. The monoisotopic (exact) mass is 343 g/mol. The second-order valence-corrected chi connectivity index (χ2v) is 6.60. The molecular weight excluding hydrogens is 322 g/mol. The Kier molecular flexibility index (Phi) is 5.59. The number of para-hydroxylation sites is 1. The number of benzene rings is 1. The van der Waals surface area contributed by atoms with Gasteiger partial charge in [0, 0.05) is 31.1 Å². The molecule has 1 N–H and O–H groups in total. The number of hydrogen-bond acceptors (Lipinski definition) is 4. The number of anilines is 1. The molecule has 0 bridgehead atoms. The van der Waals surface area contributed by atoms with Crippen LogP contribution < -0.4 is 10.1 Å². The second-order valence-electron chi connectivity index (χ2n) is 5.54. The van der Waals surface area contributed by atoms with Gasteiger partial charge in [-0.3, -0.25) is 4.79 Å². The molecule has 0 atom stereocenters. The number of ether oxygens (including phenoxy) is 1. The van der Waals surface area contributed by atoms with E-state index < -0.39 is 0 Å². The summed E-state index contributed by atoms with van der Waals surface area (Å²) in [4.78, 5) is 15.9. The van der Waals surface area contributed by atoms with E-state index in [-0.39, 0.29) is 5.91 Å². The third-order valence-electron chi connectivity index (χ3n) is 3.78. The highest BCUT2D eigenvalue weighted by Crippen LogP contribution is 2.32. The number of carbonyl (C=O) groups is 1. The Morgan fingerprint density at radius 3 is 3.21 bits per heavy atom. The van der Waals surface area contributed by atoms with E-state index in [4.69, 9.17) is 4.74 Å². The molecule has 1 aromatic heterocycles. The van der Waals surface area contributed by atoms with Gasteiger partial charge in [0.1, 0.15) is 5.75 Å². The molecule has 0 fully saturated rings. The smallest absolute Gasteiger partial charge is 0.224 e. The van der Waals surface area contributed by atoms with Crippen molar-refractivity contribution in [3.8, 4) is 5.75 Å². The zero-order chi connectivity index (χ0) is 16.8. The number of aryl methyl sites for hydroxylation is 1. The predicted octanol–water partition coefficient (Wildman–Crippen LogP) is 3.52. The third kappa shape index (κ3) is 4.00. The summed E-state index contributed by atoms with van der Waals surface area (Å²) in [5, 5.41) is 3.92. The van der Waals surface area contributed by atoms with Crippen molar-refractivity contribution in [2.45, 2.75) is 31.0 Å². The summed E-state index contributed by atoms with van der Waals surface area (Å²) in [7, 11) is 0. The van der Waals surface area contributed by atoms with Gasteiger partial charge in [0.2, 0.25) is 5.91 Å². The van der Waals surface area contributed by atoms with Crippen LogP contribution in [0.4, 0.5) is 5.69 Å². The lowest BCUT2D eigenvalue weighted by Crippen LogP contribution is -2.19. The Balaban J connectivity index is 1.48. The zero-order valence-electron chi connectivity index (χ0n) is 13.5. The standard InChI is InChI=1S/C18H21N3O2S/c1-2-10-21-11-9-19-18(21)24-13-4-12-23-15-6-3-5-14-7-8-16(22)20-17(14)15/h2-3,5-6,9,11H,1,4,7-8,10,12-13H2,(H,20,22). The highest BCUT2D eigenvalue weighted by molar-refractivity contribution is 7.99. The highest BCUT2D eigenvalue weighted by atomic mass is 32.2. The Morgan fingerprint density at radius 1 is 1.42 bits per heavy atom. The number of nitrogens with zero attached hydrogens (tertiary/aromatic N) is 2. The zero-order valence-corrected chi connectivity index (χ0v) is 14.3. The molecular formula is C18H21N3O2S. The van der Waals surface area contributed by atoms with Gasteiger partial charge in [-0.1, -0.05) is 30.0 Å². The number of nitrogens with one attached hydrogen (secondary N) is 1. The van der Waals surface area contributed by atoms with Gasteiger partial charge < -0.3 is 14.6 Å². The minimum Gasteiger partial charge on any atom is -0.491 e. The number of aromatic nitrogens is 2. The van der Waals surface area contributed by atoms with Gasteiger partial charge in [-0.2, -0.15) is 0 Å². The van der Waals surface area contributed by atoms with E-state index in [1.165, 1.54) is 0 Å². The minimum absolute atomic E-state index is 0.0585. The summed E-state index contributed by atoms with van der Waals surface area (Å²) in [6, 6.07) is 5.93. The first-order chi connectivity index (χ1) is 11.8. The molecule has 1 amide bonds. The molecule has 0 radical (unpaired) electrons. The SMILES string of the molecule is C=CCn1ccnc1SCCCOc1cccc2c1NC(=O)CC2. The van der Waals surface area contributed by atoms with Crippen molar-refractivity contribution >= 4 is 23.4 Å². The van der Waals surface area contributed by atoms with Crippen LogP contribution in [-0.2, 0) is 17.8 Å². The van der Waals surface area contributed by atoms with Crippen molar-refractivity contribution in [1.29, 1.82) is 0 Å². The molecule has 5 nitrogen and oxygen atoms in total. The average Bonchev–Trinajstić information content (AvgIpc) is 3.02. The van der Waals surface area contributed by atoms with E-state index in [1.807, 2.05) is 30.5 Å². The Morgan fingerprint density at radius 2 is 2.33 bits per heavy atom. The maximum absolute atomic E-state index is 11.6. The van der Waals surface area contributed by atoms with Crippen LogP contribution in [0.3, 0.4) is 0 Å². The molecule has 0 saturated carbocycles. The van der Waals surface area contributed by atoms with Gasteiger partial charge in [-0.05, 0) is 24.5 Å². The molecule has 6 heteroatoms. The first-order valence-corrected chi connectivity index (χ1v) is 9.06. The highest BCUT2D eigenvalue weighted by Gasteiger charge is 2.18. The van der Waals surface area contributed by atoms with Crippen LogP contribution in [0.5, 0.6) is 5.75 Å². The fraction of sp³-hybridized carbons (Fsp3) is 0.333. The van der Waals surface area contributed by atoms with Gasteiger partial charge in [0.25, 0.3) is 0 Å². The Bertz CT molecular complexity index is 727. The van der Waals surface area contributed by atoms with Gasteiger partial charge in [0.15, 0.2) is 5.16 Å². The number of thioether (sulfide) groups is 1. The van der Waals surface area contributed by atoms with Crippen molar-refractivity contribution in [2.24, 2.45) is 0 Å². The number of carbonyl (C=O) groups excluding carboxylic acids is 1. The summed E-state index contributed by atoms with van der Waals surface area (Å²) < 4.78 is 7.95. The maximum atomic E-state index is 11.6. The predicted molar refractivity (Wildman–Crippen MR) is 96.7 cm³/mol. The molecule has 2 aromatic rings. The quantitative estimate of drug-likeness (QED) is 0.453. The second kappa shape index (κ2) is 8.06. The first kappa shape index (κ1) is 16.6. The molecule has 0 unspecified atom stereocenters. The van der Waals surface area contributed by atoms with Gasteiger partial charge in [-0.25, -0.2) is 4.98 Å². The van der Waals surface area contributed by atoms with Crippen molar-refractivity contribution in [1.82, 2.24) is 9.55 Å². The minimum atomic E-state index is 0.0585. The number of amides is 1. The van der Waals surface area contributed by atoms with E-state index in [1.54, 1.807) is 18.0 Å². The van der Waals surface area contributed by atoms with Crippen LogP contribution in [0.25, 0.3) is 0 Å². The Hall–Kier alpha value is -2.21. The van der Waals surface area contributed by atoms with Crippen molar-refractivity contribution in [3.63, 3.8) is 0 Å². The lowest BCUT2D eigenvalue weighted by Gasteiger charge is -2.20. The average molecular weight is 343 g/mol. The number of fused-ring (bicyclic) bond motifs is 1. The maximum Gasteiger partial charge on any atom is 0.224 e. The molecule has 1 aliphatic rings. The van der Waals surface area contributed by atoms with Crippen molar-refractivity contribution in [3.05, 3.63) is 48.8 Å². The van der Waals surface area contributed by atoms with Crippen LogP contribution in [-0.4, -0.2) is 27.8 Å². The fourth-order valence-electron chi connectivity index (χ4n) is 2.62. The van der Waals surface area contributed by atoms with E-state index in [2.05, 4.69) is 21.4 Å². The number of hydrogen-bond donors (Lipinski definition) is 1. The van der Waals surface area contributed by atoms with Crippen molar-refractivity contribution in [2.75, 3.05) is 17.7 Å². The molecule has 0 aliphatic carbocycles. The fourth-order valence-corrected chi connectivity index (χ4v) is 3.50. The lowest BCUT2D eigenvalue weighted by molar-refractivity contribution is -0.116. The molecule has 1 aliphatic heterocycles. The normalized spacial score (nSPS) is 13.2. The van der Waals surface area contributed by atoms with Crippen molar-refractivity contribution < 1.29 is 9.53 Å². The summed E-state index contributed by atoms with van der Waals surface area (Å²) in [5.74, 6) is 1.75. The van der Waals surface area contributed by atoms with Crippen LogP contribution in [0.2, 0.25) is 0 Å². The number of imidazole rings is 1. The number of rotatable bonds is 8. The first-order valence-electron chi connectivity index (χ1n) is 8.07. The van der Waals surface area contributed by atoms with Crippen LogP contribution >= 0.6 is 11.8 Å². The van der Waals surface area contributed by atoms with Gasteiger partial charge in [-0.15, -0.1) is 6.58 Å². The summed E-state index contributed by atoms with van der Waals surface area (Å²) in [6.45, 7) is 5.14. The molecule has 3 rings (SSSR count). The molecule has 0 spiro atoms. The van der Waals surface area contributed by atoms with E-state index in [0.717, 1.165) is 47.3 Å². The van der Waals surface area contributed by atoms with Crippen LogP contribution in [0.15, 0.2) is 48.4 Å². The molecule has 0 saturated heterocycles. The Labute approximate surface area is 146 Å². The van der Waals surface area contributed by atoms with E-state index in [0.29, 0.717) is 13.0 Å². The summed E-state index contributed by atoms with van der Waals surface area (Å²) in [6.07, 6.45) is 7.86. The molecule has 2 heterocycles. The summed E-state index contributed by atoms with van der Waals surface area (Å²) >= 11 is 1.71. The van der Waals surface area contributed by atoms with Crippen LogP contribution in [0.1, 0.15) is 18.4 Å². The molecule has 1 aromatic carbocycles. The third-order valence-corrected chi connectivity index (χ3v) is 4.87. The largest absolute Gasteiger partial charge is 0.491 e. The van der Waals surface area contributed by atoms with Crippen LogP contribution in [0, 0.1) is 0 Å². The molecule has 126 valence electrons. The van der Waals surface area contributed by atoms with Gasteiger partial charge in [0.05, 0.1) is 12.3 Å². The lowest BCUT2D eigenvalue weighted by atomic mass is 10.0.